The quantitative estimate of drug-likeness (QED) is 0.751. The number of hydrogen-bond acceptors (Lipinski definition) is 2. The Hall–Kier alpha value is -1.48. The van der Waals surface area contributed by atoms with E-state index in [0.717, 1.165) is 30.4 Å². The lowest BCUT2D eigenvalue weighted by Gasteiger charge is -2.20. The van der Waals surface area contributed by atoms with Crippen LogP contribution < -0.4 is 0 Å². The molecule has 0 radical (unpaired) electrons. The zero-order chi connectivity index (χ0) is 13.7. The Morgan fingerprint density at radius 1 is 1.32 bits per heavy atom. The van der Waals surface area contributed by atoms with Crippen LogP contribution in [-0.4, -0.2) is 29.8 Å². The van der Waals surface area contributed by atoms with E-state index < -0.39 is 0 Å². The highest BCUT2D eigenvalue weighted by molar-refractivity contribution is 6.18. The van der Waals surface area contributed by atoms with Crippen LogP contribution in [0.4, 0.5) is 0 Å². The molecule has 3 nitrogen and oxygen atoms in total. The van der Waals surface area contributed by atoms with Gasteiger partial charge in [0.05, 0.1) is 5.56 Å². The van der Waals surface area contributed by atoms with Crippen molar-refractivity contribution in [2.75, 3.05) is 19.0 Å². The molecule has 1 aromatic carbocycles. The minimum atomic E-state index is -0.000880. The van der Waals surface area contributed by atoms with Crippen LogP contribution in [0.1, 0.15) is 30.1 Å². The number of amides is 1. The van der Waals surface area contributed by atoms with Crippen LogP contribution >= 0.6 is 11.6 Å². The number of nitrogens with zero attached hydrogens (tertiary/aromatic N) is 1. The van der Waals surface area contributed by atoms with E-state index in [4.69, 9.17) is 16.0 Å². The molecule has 0 N–H and O–H groups in total. The molecule has 0 saturated heterocycles. The summed E-state index contributed by atoms with van der Waals surface area (Å²) >= 11 is 5.78. The molecule has 0 aliphatic rings. The van der Waals surface area contributed by atoms with E-state index in [1.807, 2.05) is 24.3 Å². The van der Waals surface area contributed by atoms with Crippen molar-refractivity contribution >= 4 is 28.5 Å². The fraction of sp³-hybridized carbons (Fsp3) is 0.400. The molecule has 102 valence electrons. The van der Waals surface area contributed by atoms with Gasteiger partial charge in [-0.3, -0.25) is 4.79 Å². The summed E-state index contributed by atoms with van der Waals surface area (Å²) in [6.07, 6.45) is 3.58. The largest absolute Gasteiger partial charge is 0.463 e. The van der Waals surface area contributed by atoms with Gasteiger partial charge in [0.2, 0.25) is 0 Å². The van der Waals surface area contributed by atoms with Crippen LogP contribution in [0.25, 0.3) is 11.0 Å². The number of carbonyl (C=O) groups is 1. The Balaban J connectivity index is 2.25. The van der Waals surface area contributed by atoms with E-state index in [0.29, 0.717) is 18.0 Å². The molecule has 2 rings (SSSR count). The number of rotatable bonds is 6. The van der Waals surface area contributed by atoms with Crippen molar-refractivity contribution in [3.63, 3.8) is 0 Å². The first-order valence-electron chi connectivity index (χ1n) is 6.59. The van der Waals surface area contributed by atoms with E-state index in [9.17, 15) is 4.79 Å². The molecule has 4 heteroatoms. The van der Waals surface area contributed by atoms with Gasteiger partial charge < -0.3 is 9.32 Å². The van der Waals surface area contributed by atoms with Gasteiger partial charge in [-0.15, -0.1) is 11.6 Å². The predicted molar refractivity (Wildman–Crippen MR) is 77.7 cm³/mol. The summed E-state index contributed by atoms with van der Waals surface area (Å²) in [5.41, 5.74) is 1.36. The summed E-state index contributed by atoms with van der Waals surface area (Å²) in [6.45, 7) is 3.41. The highest BCUT2D eigenvalue weighted by Gasteiger charge is 2.19. The molecule has 0 spiro atoms. The third-order valence-electron chi connectivity index (χ3n) is 3.13. The minimum Gasteiger partial charge on any atom is -0.463 e. The van der Waals surface area contributed by atoms with Crippen LogP contribution in [0, 0.1) is 0 Å². The Morgan fingerprint density at radius 3 is 2.84 bits per heavy atom. The Morgan fingerprint density at radius 2 is 2.11 bits per heavy atom. The fourth-order valence-corrected chi connectivity index (χ4v) is 2.28. The summed E-state index contributed by atoms with van der Waals surface area (Å²) in [5.74, 6) is 0.449. The second kappa shape index (κ2) is 6.62. The molecule has 19 heavy (non-hydrogen) atoms. The average molecular weight is 280 g/mol. The maximum absolute atomic E-state index is 12.5. The highest BCUT2D eigenvalue weighted by atomic mass is 35.5. The molecule has 0 fully saturated rings. The first kappa shape index (κ1) is 13.9. The number of halogens is 1. The van der Waals surface area contributed by atoms with Gasteiger partial charge in [0.1, 0.15) is 11.8 Å². The van der Waals surface area contributed by atoms with Gasteiger partial charge in [-0.05, 0) is 12.5 Å². The van der Waals surface area contributed by atoms with E-state index in [-0.39, 0.29) is 5.91 Å². The number of alkyl halides is 1. The van der Waals surface area contributed by atoms with Crippen molar-refractivity contribution in [3.8, 4) is 0 Å². The second-order valence-corrected chi connectivity index (χ2v) is 4.86. The number of carbonyl (C=O) groups excluding carboxylic acids is 1. The summed E-state index contributed by atoms with van der Waals surface area (Å²) in [5, 5.41) is 0.864. The van der Waals surface area contributed by atoms with E-state index >= 15 is 0 Å². The Bertz CT molecular complexity index is 550. The molecule has 0 aliphatic heterocycles. The topological polar surface area (TPSA) is 33.5 Å². The minimum absolute atomic E-state index is 0.000880. The third kappa shape index (κ3) is 3.10. The van der Waals surface area contributed by atoms with Crippen molar-refractivity contribution in [2.45, 2.75) is 19.8 Å². The summed E-state index contributed by atoms with van der Waals surface area (Å²) in [6, 6.07) is 7.58. The second-order valence-electron chi connectivity index (χ2n) is 4.48. The zero-order valence-electron chi connectivity index (χ0n) is 11.1. The van der Waals surface area contributed by atoms with Crippen LogP contribution in [0.5, 0.6) is 0 Å². The molecule has 1 heterocycles. The normalized spacial score (nSPS) is 10.8. The number of unbranched alkanes of at least 4 members (excludes halogenated alkanes) is 1. The van der Waals surface area contributed by atoms with Crippen LogP contribution in [0.15, 0.2) is 34.9 Å². The number of fused-ring (bicyclic) bond motifs is 1. The number of hydrogen-bond donors (Lipinski definition) is 0. The smallest absolute Gasteiger partial charge is 0.257 e. The van der Waals surface area contributed by atoms with Gasteiger partial charge in [0, 0.05) is 24.4 Å². The van der Waals surface area contributed by atoms with Crippen molar-refractivity contribution in [2.24, 2.45) is 0 Å². The molecular formula is C15H18ClNO2. The van der Waals surface area contributed by atoms with Gasteiger partial charge >= 0.3 is 0 Å². The maximum atomic E-state index is 12.5. The summed E-state index contributed by atoms with van der Waals surface area (Å²) < 4.78 is 5.42. The Kier molecular flexibility index (Phi) is 4.86. The SMILES string of the molecule is CCCCN(CCCl)C(=O)c1coc2ccccc12. The molecule has 0 unspecified atom stereocenters. The van der Waals surface area contributed by atoms with E-state index in [1.165, 1.54) is 0 Å². The van der Waals surface area contributed by atoms with E-state index in [1.54, 1.807) is 11.2 Å². The molecule has 1 amide bonds. The van der Waals surface area contributed by atoms with Gasteiger partial charge in [0.15, 0.2) is 0 Å². The lowest BCUT2D eigenvalue weighted by atomic mass is 10.1. The van der Waals surface area contributed by atoms with Crippen molar-refractivity contribution in [1.29, 1.82) is 0 Å². The average Bonchev–Trinajstić information content (AvgIpc) is 2.86. The van der Waals surface area contributed by atoms with Gasteiger partial charge in [0.25, 0.3) is 5.91 Å². The number of furan rings is 1. The predicted octanol–water partition coefficient (Wildman–Crippen LogP) is 3.91. The zero-order valence-corrected chi connectivity index (χ0v) is 11.8. The molecule has 0 bridgehead atoms. The molecule has 0 saturated carbocycles. The molecular weight excluding hydrogens is 262 g/mol. The number of para-hydroxylation sites is 1. The number of benzene rings is 1. The van der Waals surface area contributed by atoms with E-state index in [2.05, 4.69) is 6.92 Å². The van der Waals surface area contributed by atoms with Gasteiger partial charge in [-0.1, -0.05) is 31.5 Å². The lowest BCUT2D eigenvalue weighted by molar-refractivity contribution is 0.0764. The lowest BCUT2D eigenvalue weighted by Crippen LogP contribution is -2.33. The molecule has 2 aromatic rings. The van der Waals surface area contributed by atoms with Crippen molar-refractivity contribution in [3.05, 3.63) is 36.1 Å². The van der Waals surface area contributed by atoms with Crippen LogP contribution in [-0.2, 0) is 0 Å². The highest BCUT2D eigenvalue weighted by Crippen LogP contribution is 2.22. The van der Waals surface area contributed by atoms with Crippen LogP contribution in [0.2, 0.25) is 0 Å². The first-order valence-corrected chi connectivity index (χ1v) is 7.12. The van der Waals surface area contributed by atoms with Crippen molar-refractivity contribution < 1.29 is 9.21 Å². The maximum Gasteiger partial charge on any atom is 0.257 e. The first-order chi connectivity index (χ1) is 9.27. The Labute approximate surface area is 118 Å². The van der Waals surface area contributed by atoms with Crippen LogP contribution in [0.3, 0.4) is 0 Å². The monoisotopic (exact) mass is 279 g/mol. The molecule has 0 atom stereocenters. The van der Waals surface area contributed by atoms with Gasteiger partial charge in [-0.2, -0.15) is 0 Å². The van der Waals surface area contributed by atoms with Gasteiger partial charge in [-0.25, -0.2) is 0 Å². The van der Waals surface area contributed by atoms with Crippen molar-refractivity contribution in [1.82, 2.24) is 4.90 Å². The molecule has 0 aliphatic carbocycles. The summed E-state index contributed by atoms with van der Waals surface area (Å²) in [7, 11) is 0. The molecule has 1 aromatic heterocycles. The fourth-order valence-electron chi connectivity index (χ4n) is 2.08. The standard InChI is InChI=1S/C15H18ClNO2/c1-2-3-9-17(10-8-16)15(18)13-11-19-14-7-5-4-6-12(13)14/h4-7,11H,2-3,8-10H2,1H3. The summed E-state index contributed by atoms with van der Waals surface area (Å²) in [4.78, 5) is 14.3. The third-order valence-corrected chi connectivity index (χ3v) is 3.30.